The van der Waals surface area contributed by atoms with Crippen LogP contribution in [-0.2, 0) is 6.54 Å². The van der Waals surface area contributed by atoms with Crippen LogP contribution in [0.2, 0.25) is 5.02 Å². The highest BCUT2D eigenvalue weighted by molar-refractivity contribution is 7.80. The summed E-state index contributed by atoms with van der Waals surface area (Å²) in [6.45, 7) is 0.615. The molecule has 0 aliphatic carbocycles. The lowest BCUT2D eigenvalue weighted by Crippen LogP contribution is -2.41. The van der Waals surface area contributed by atoms with Gasteiger partial charge in [0.1, 0.15) is 12.3 Å². The number of methoxy groups -OCH3 is 1. The van der Waals surface area contributed by atoms with E-state index in [0.717, 1.165) is 4.90 Å². The summed E-state index contributed by atoms with van der Waals surface area (Å²) in [4.78, 5) is 1.07. The number of ether oxygens (including phenoxy) is 1. The van der Waals surface area contributed by atoms with E-state index in [1.807, 2.05) is 0 Å². The van der Waals surface area contributed by atoms with Gasteiger partial charge in [-0.3, -0.25) is 0 Å². The minimum absolute atomic E-state index is 0.00888. The van der Waals surface area contributed by atoms with Gasteiger partial charge < -0.3 is 15.0 Å². The van der Waals surface area contributed by atoms with Crippen molar-refractivity contribution in [1.29, 1.82) is 0 Å². The fourth-order valence-electron chi connectivity index (χ4n) is 2.30. The third-order valence-electron chi connectivity index (χ3n) is 3.70. The zero-order valence-electron chi connectivity index (χ0n) is 14.2. The number of rotatable bonds is 5. The highest BCUT2D eigenvalue weighted by atomic mass is 35.5. The molecule has 0 atom stereocenters. The van der Waals surface area contributed by atoms with E-state index >= 15 is 0 Å². The van der Waals surface area contributed by atoms with Crippen molar-refractivity contribution in [3.63, 3.8) is 0 Å². The number of thiocarbonyl (C=S) groups is 1. The normalized spacial score (nSPS) is 11.2. The maximum absolute atomic E-state index is 13.0. The van der Waals surface area contributed by atoms with Gasteiger partial charge in [-0.15, -0.1) is 0 Å². The quantitative estimate of drug-likeness (QED) is 0.675. The number of anilines is 1. The molecule has 0 aromatic heterocycles. The van der Waals surface area contributed by atoms with Crippen LogP contribution in [0.25, 0.3) is 0 Å². The third kappa shape index (κ3) is 5.78. The molecule has 0 aliphatic rings. The smallest absolute Gasteiger partial charge is 0.406 e. The van der Waals surface area contributed by atoms with Gasteiger partial charge in [0.05, 0.1) is 7.11 Å². The Morgan fingerprint density at radius 1 is 1.19 bits per heavy atom. The largest absolute Gasteiger partial charge is 0.497 e. The summed E-state index contributed by atoms with van der Waals surface area (Å²) in [6, 6.07) is 11.9. The summed E-state index contributed by atoms with van der Waals surface area (Å²) in [6.07, 6.45) is -4.39. The molecule has 0 aliphatic heterocycles. The van der Waals surface area contributed by atoms with Gasteiger partial charge in [-0.2, -0.15) is 13.2 Å². The van der Waals surface area contributed by atoms with Crippen LogP contribution in [0, 0.1) is 6.92 Å². The second kappa shape index (κ2) is 8.60. The maximum atomic E-state index is 13.0. The van der Waals surface area contributed by atoms with Crippen LogP contribution in [0.4, 0.5) is 18.9 Å². The minimum atomic E-state index is -4.39. The predicted octanol–water partition coefficient (Wildman–Crippen LogP) is 5.42. The fourth-order valence-corrected chi connectivity index (χ4v) is 2.72. The first-order valence-corrected chi connectivity index (χ1v) is 8.49. The summed E-state index contributed by atoms with van der Waals surface area (Å²) < 4.78 is 44.1. The standard InChI is InChI=1S/C18H18ClF3N2OS/c1-12-15(19)4-3-5-16(12)23-17(26)24(11-18(20,21)22)10-13-6-8-14(25-2)9-7-13/h3-9H,10-11H2,1-2H3,(H,23,26). The van der Waals surface area contributed by atoms with E-state index in [4.69, 9.17) is 28.6 Å². The maximum Gasteiger partial charge on any atom is 0.406 e. The molecular weight excluding hydrogens is 385 g/mol. The number of halogens is 4. The van der Waals surface area contributed by atoms with E-state index in [-0.39, 0.29) is 11.7 Å². The molecule has 0 amide bonds. The Morgan fingerprint density at radius 3 is 2.42 bits per heavy atom. The van der Waals surface area contributed by atoms with Crippen molar-refractivity contribution in [1.82, 2.24) is 4.90 Å². The first kappa shape index (κ1) is 20.3. The molecule has 3 nitrogen and oxygen atoms in total. The lowest BCUT2D eigenvalue weighted by Gasteiger charge is -2.27. The molecule has 140 valence electrons. The van der Waals surface area contributed by atoms with Crippen molar-refractivity contribution in [2.24, 2.45) is 0 Å². The monoisotopic (exact) mass is 402 g/mol. The van der Waals surface area contributed by atoms with E-state index in [2.05, 4.69) is 5.32 Å². The molecule has 2 aromatic rings. The van der Waals surface area contributed by atoms with Gasteiger partial charge in [-0.25, -0.2) is 0 Å². The number of nitrogens with one attached hydrogen (secondary N) is 1. The van der Waals surface area contributed by atoms with Crippen molar-refractivity contribution < 1.29 is 17.9 Å². The number of alkyl halides is 3. The van der Waals surface area contributed by atoms with Crippen LogP contribution in [0.5, 0.6) is 5.75 Å². The molecule has 0 spiro atoms. The van der Waals surface area contributed by atoms with Crippen molar-refractivity contribution in [2.45, 2.75) is 19.6 Å². The van der Waals surface area contributed by atoms with Crippen LogP contribution in [0.3, 0.4) is 0 Å². The van der Waals surface area contributed by atoms with Crippen molar-refractivity contribution >= 4 is 34.6 Å². The Kier molecular flexibility index (Phi) is 6.72. The van der Waals surface area contributed by atoms with E-state index in [1.165, 1.54) is 7.11 Å². The molecule has 0 heterocycles. The van der Waals surface area contributed by atoms with Crippen LogP contribution >= 0.6 is 23.8 Å². The second-order valence-electron chi connectivity index (χ2n) is 5.66. The topological polar surface area (TPSA) is 24.5 Å². The molecule has 1 N–H and O–H groups in total. The summed E-state index contributed by atoms with van der Waals surface area (Å²) in [5, 5.41) is 3.35. The van der Waals surface area contributed by atoms with Gasteiger partial charge in [0, 0.05) is 17.3 Å². The highest BCUT2D eigenvalue weighted by Gasteiger charge is 2.32. The Hall–Kier alpha value is -1.99. The summed E-state index contributed by atoms with van der Waals surface area (Å²) in [5.41, 5.74) is 1.97. The van der Waals surface area contributed by atoms with Crippen LogP contribution in [-0.4, -0.2) is 29.8 Å². The molecule has 0 unspecified atom stereocenters. The van der Waals surface area contributed by atoms with E-state index < -0.39 is 12.7 Å². The van der Waals surface area contributed by atoms with Gasteiger partial charge in [0.2, 0.25) is 0 Å². The molecule has 0 saturated carbocycles. The summed E-state index contributed by atoms with van der Waals surface area (Å²) >= 11 is 11.3. The van der Waals surface area contributed by atoms with Crippen molar-refractivity contribution in [3.8, 4) is 5.75 Å². The van der Waals surface area contributed by atoms with Gasteiger partial charge in [-0.05, 0) is 54.5 Å². The summed E-state index contributed by atoms with van der Waals surface area (Å²) in [7, 11) is 1.53. The number of hydrogen-bond acceptors (Lipinski definition) is 2. The van der Waals surface area contributed by atoms with Crippen molar-refractivity contribution in [3.05, 3.63) is 58.6 Å². The first-order valence-electron chi connectivity index (χ1n) is 7.70. The lowest BCUT2D eigenvalue weighted by atomic mass is 10.2. The highest BCUT2D eigenvalue weighted by Crippen LogP contribution is 2.25. The number of nitrogens with zero attached hydrogens (tertiary/aromatic N) is 1. The molecule has 2 aromatic carbocycles. The van der Waals surface area contributed by atoms with Gasteiger partial charge in [0.15, 0.2) is 5.11 Å². The van der Waals surface area contributed by atoms with E-state index in [1.54, 1.807) is 49.4 Å². The zero-order valence-corrected chi connectivity index (χ0v) is 15.8. The van der Waals surface area contributed by atoms with Gasteiger partial charge >= 0.3 is 6.18 Å². The molecular formula is C18H18ClF3N2OS. The molecule has 0 saturated heterocycles. The number of hydrogen-bond donors (Lipinski definition) is 1. The second-order valence-corrected chi connectivity index (χ2v) is 6.46. The molecule has 8 heteroatoms. The molecule has 0 bridgehead atoms. The predicted molar refractivity (Wildman–Crippen MR) is 102 cm³/mol. The molecule has 0 radical (unpaired) electrons. The minimum Gasteiger partial charge on any atom is -0.497 e. The van der Waals surface area contributed by atoms with Crippen LogP contribution in [0.15, 0.2) is 42.5 Å². The SMILES string of the molecule is COc1ccc(CN(CC(F)(F)F)C(=S)Nc2cccc(Cl)c2C)cc1. The number of benzene rings is 2. The van der Waals surface area contributed by atoms with Crippen LogP contribution in [0.1, 0.15) is 11.1 Å². The third-order valence-corrected chi connectivity index (χ3v) is 4.47. The molecule has 0 fully saturated rings. The average Bonchev–Trinajstić information content (AvgIpc) is 2.58. The molecule has 2 rings (SSSR count). The Bertz CT molecular complexity index is 766. The lowest BCUT2D eigenvalue weighted by molar-refractivity contribution is -0.138. The molecule has 26 heavy (non-hydrogen) atoms. The summed E-state index contributed by atoms with van der Waals surface area (Å²) in [5.74, 6) is 0.631. The van der Waals surface area contributed by atoms with Gasteiger partial charge in [-0.1, -0.05) is 29.8 Å². The van der Waals surface area contributed by atoms with Gasteiger partial charge in [0.25, 0.3) is 0 Å². The average molecular weight is 403 g/mol. The Balaban J connectivity index is 2.19. The van der Waals surface area contributed by atoms with E-state index in [0.29, 0.717) is 27.6 Å². The fraction of sp³-hybridized carbons (Fsp3) is 0.278. The van der Waals surface area contributed by atoms with Crippen LogP contribution < -0.4 is 10.1 Å². The first-order chi connectivity index (χ1) is 12.2. The zero-order chi connectivity index (χ0) is 19.3. The Labute approximate surface area is 160 Å². The van der Waals surface area contributed by atoms with E-state index in [9.17, 15) is 13.2 Å². The van der Waals surface area contributed by atoms with Crippen molar-refractivity contribution in [2.75, 3.05) is 19.0 Å². The Morgan fingerprint density at radius 2 is 1.85 bits per heavy atom.